The predicted molar refractivity (Wildman–Crippen MR) is 99.0 cm³/mol. The number of halogens is 1. The molecule has 0 unspecified atom stereocenters. The van der Waals surface area contributed by atoms with Gasteiger partial charge in [0.2, 0.25) is 0 Å². The molecule has 7 heteroatoms. The van der Waals surface area contributed by atoms with Crippen LogP contribution < -0.4 is 5.32 Å². The largest absolute Gasteiger partial charge is 0.451 e. The molecular weight excluding hydrogens is 356 g/mol. The van der Waals surface area contributed by atoms with Gasteiger partial charge in [-0.2, -0.15) is 0 Å². The van der Waals surface area contributed by atoms with E-state index >= 15 is 0 Å². The van der Waals surface area contributed by atoms with Gasteiger partial charge < -0.3 is 15.0 Å². The normalized spacial score (nSPS) is 21.0. The fourth-order valence-electron chi connectivity index (χ4n) is 3.21. The number of hydrogen-bond acceptors (Lipinski definition) is 4. The van der Waals surface area contributed by atoms with Crippen LogP contribution in [-0.2, 0) is 14.3 Å². The highest BCUT2D eigenvalue weighted by Gasteiger charge is 2.33. The maximum absolute atomic E-state index is 12.6. The number of carbonyl (C=O) groups excluding carboxylic acids is 3. The van der Waals surface area contributed by atoms with E-state index in [1.165, 1.54) is 0 Å². The fraction of sp³-hybridized carbons (Fsp3) is 0.526. The van der Waals surface area contributed by atoms with Crippen LogP contribution in [0.15, 0.2) is 24.3 Å². The quantitative estimate of drug-likeness (QED) is 0.797. The van der Waals surface area contributed by atoms with Crippen LogP contribution in [0.2, 0.25) is 5.02 Å². The van der Waals surface area contributed by atoms with Crippen molar-refractivity contribution in [1.29, 1.82) is 0 Å². The van der Waals surface area contributed by atoms with Crippen LogP contribution in [0, 0.1) is 0 Å². The van der Waals surface area contributed by atoms with Crippen molar-refractivity contribution in [1.82, 2.24) is 10.2 Å². The van der Waals surface area contributed by atoms with Crippen molar-refractivity contribution in [2.45, 2.75) is 58.2 Å². The van der Waals surface area contributed by atoms with Crippen LogP contribution in [0.1, 0.15) is 50.4 Å². The molecule has 0 aliphatic carbocycles. The van der Waals surface area contributed by atoms with Crippen molar-refractivity contribution in [2.75, 3.05) is 6.54 Å². The lowest BCUT2D eigenvalue weighted by Crippen LogP contribution is -2.51. The summed E-state index contributed by atoms with van der Waals surface area (Å²) in [6.45, 7) is 5.28. The molecule has 1 aliphatic rings. The molecule has 6 nitrogen and oxygen atoms in total. The van der Waals surface area contributed by atoms with E-state index in [1.54, 1.807) is 36.1 Å². The number of esters is 1. The number of hydrogen-bond donors (Lipinski definition) is 1. The highest BCUT2D eigenvalue weighted by molar-refractivity contribution is 6.30. The molecule has 3 atom stereocenters. The molecular formula is C19H25ClN2O4. The van der Waals surface area contributed by atoms with Gasteiger partial charge in [0, 0.05) is 22.7 Å². The minimum absolute atomic E-state index is 0.136. The summed E-state index contributed by atoms with van der Waals surface area (Å²) in [6.07, 6.45) is 2.12. The summed E-state index contributed by atoms with van der Waals surface area (Å²) in [5, 5.41) is 3.00. The number of amides is 2. The van der Waals surface area contributed by atoms with E-state index in [2.05, 4.69) is 5.32 Å². The molecule has 1 aliphatic heterocycles. The third-order valence-electron chi connectivity index (χ3n) is 4.60. The highest BCUT2D eigenvalue weighted by atomic mass is 35.5. The first-order chi connectivity index (χ1) is 12.3. The van der Waals surface area contributed by atoms with Gasteiger partial charge >= 0.3 is 5.97 Å². The molecule has 0 saturated carbocycles. The van der Waals surface area contributed by atoms with E-state index in [0.29, 0.717) is 10.6 Å². The maximum Gasteiger partial charge on any atom is 0.326 e. The van der Waals surface area contributed by atoms with Gasteiger partial charge in [-0.05, 0) is 64.3 Å². The Morgan fingerprint density at radius 2 is 1.77 bits per heavy atom. The Balaban J connectivity index is 1.83. The number of rotatable bonds is 5. The van der Waals surface area contributed by atoms with Crippen LogP contribution >= 0.6 is 11.6 Å². The zero-order valence-corrected chi connectivity index (χ0v) is 16.1. The van der Waals surface area contributed by atoms with E-state index in [1.807, 2.05) is 13.8 Å². The average Bonchev–Trinajstić information content (AvgIpc) is 2.60. The molecule has 0 spiro atoms. The van der Waals surface area contributed by atoms with Crippen molar-refractivity contribution in [3.63, 3.8) is 0 Å². The maximum atomic E-state index is 12.6. The van der Waals surface area contributed by atoms with Gasteiger partial charge in [0.1, 0.15) is 6.54 Å². The monoisotopic (exact) mass is 380 g/mol. The number of nitrogens with zero attached hydrogens (tertiary/aromatic N) is 1. The van der Waals surface area contributed by atoms with E-state index in [9.17, 15) is 14.4 Å². The SMILES string of the molecule is C[C@@H](OC(=O)CNC(=O)c1ccc(Cl)cc1)C(=O)N1[C@@H](C)CCC[C@@H]1C. The van der Waals surface area contributed by atoms with Crippen molar-refractivity contribution in [2.24, 2.45) is 0 Å². The first kappa shape index (κ1) is 20.2. The Morgan fingerprint density at radius 3 is 2.35 bits per heavy atom. The van der Waals surface area contributed by atoms with E-state index in [0.717, 1.165) is 19.3 Å². The van der Waals surface area contributed by atoms with Crippen molar-refractivity contribution >= 4 is 29.4 Å². The number of piperidine rings is 1. The molecule has 0 aromatic heterocycles. The molecule has 0 bridgehead atoms. The lowest BCUT2D eigenvalue weighted by atomic mass is 9.97. The van der Waals surface area contributed by atoms with E-state index < -0.39 is 18.0 Å². The van der Waals surface area contributed by atoms with Crippen molar-refractivity contribution in [3.05, 3.63) is 34.9 Å². The highest BCUT2D eigenvalue weighted by Crippen LogP contribution is 2.23. The first-order valence-electron chi connectivity index (χ1n) is 8.85. The second kappa shape index (κ2) is 9.03. The molecule has 2 rings (SSSR count). The van der Waals surface area contributed by atoms with Gasteiger partial charge in [0.05, 0.1) is 0 Å². The van der Waals surface area contributed by atoms with Gasteiger partial charge in [-0.1, -0.05) is 11.6 Å². The van der Waals surface area contributed by atoms with Crippen LogP contribution in [-0.4, -0.2) is 47.4 Å². The number of nitrogens with one attached hydrogen (secondary N) is 1. The Hall–Kier alpha value is -2.08. The number of benzene rings is 1. The summed E-state index contributed by atoms with van der Waals surface area (Å²) in [5.41, 5.74) is 0.391. The molecule has 1 fully saturated rings. The second-order valence-corrected chi connectivity index (χ2v) is 7.13. The first-order valence-corrected chi connectivity index (χ1v) is 9.22. The van der Waals surface area contributed by atoms with Gasteiger partial charge in [0.25, 0.3) is 11.8 Å². The lowest BCUT2D eigenvalue weighted by molar-refractivity contribution is -0.161. The molecule has 1 saturated heterocycles. The van der Waals surface area contributed by atoms with Crippen LogP contribution in [0.5, 0.6) is 0 Å². The zero-order chi connectivity index (χ0) is 19.3. The minimum Gasteiger partial charge on any atom is -0.451 e. The zero-order valence-electron chi connectivity index (χ0n) is 15.3. The van der Waals surface area contributed by atoms with Crippen molar-refractivity contribution < 1.29 is 19.1 Å². The topological polar surface area (TPSA) is 75.7 Å². The molecule has 26 heavy (non-hydrogen) atoms. The Kier molecular flexibility index (Phi) is 7.03. The smallest absolute Gasteiger partial charge is 0.326 e. The summed E-state index contributed by atoms with van der Waals surface area (Å²) in [4.78, 5) is 38.3. The molecule has 0 radical (unpaired) electrons. The Morgan fingerprint density at radius 1 is 1.19 bits per heavy atom. The van der Waals surface area contributed by atoms with Gasteiger partial charge in [0.15, 0.2) is 6.10 Å². The third kappa shape index (κ3) is 5.21. The van der Waals surface area contributed by atoms with Crippen molar-refractivity contribution in [3.8, 4) is 0 Å². The summed E-state index contributed by atoms with van der Waals surface area (Å²) in [7, 11) is 0. The number of likely N-dealkylation sites (tertiary alicyclic amines) is 1. The fourth-order valence-corrected chi connectivity index (χ4v) is 3.34. The lowest BCUT2D eigenvalue weighted by Gasteiger charge is -2.40. The third-order valence-corrected chi connectivity index (χ3v) is 4.86. The second-order valence-electron chi connectivity index (χ2n) is 6.70. The predicted octanol–water partition coefficient (Wildman–Crippen LogP) is 2.79. The number of ether oxygens (including phenoxy) is 1. The molecule has 1 N–H and O–H groups in total. The standard InChI is InChI=1S/C19H25ClN2O4/c1-12-5-4-6-13(2)22(12)19(25)14(3)26-17(23)11-21-18(24)15-7-9-16(20)10-8-15/h7-10,12-14H,4-6,11H2,1-3H3,(H,21,24)/t12-,13-,14+/m0/s1. The van der Waals surface area contributed by atoms with Gasteiger partial charge in [-0.3, -0.25) is 14.4 Å². The van der Waals surface area contributed by atoms with E-state index in [-0.39, 0.29) is 24.5 Å². The molecule has 142 valence electrons. The van der Waals surface area contributed by atoms with Crippen LogP contribution in [0.4, 0.5) is 0 Å². The number of carbonyl (C=O) groups is 3. The Labute approximate surface area is 158 Å². The molecule has 1 aromatic carbocycles. The molecule has 2 amide bonds. The minimum atomic E-state index is -0.877. The average molecular weight is 381 g/mol. The molecule has 1 aromatic rings. The van der Waals surface area contributed by atoms with Crippen LogP contribution in [0.3, 0.4) is 0 Å². The van der Waals surface area contributed by atoms with Gasteiger partial charge in [-0.25, -0.2) is 0 Å². The summed E-state index contributed by atoms with van der Waals surface area (Å²) in [6, 6.07) is 6.59. The summed E-state index contributed by atoms with van der Waals surface area (Å²) < 4.78 is 5.20. The van der Waals surface area contributed by atoms with Gasteiger partial charge in [-0.15, -0.1) is 0 Å². The molecule has 1 heterocycles. The van der Waals surface area contributed by atoms with Crippen LogP contribution in [0.25, 0.3) is 0 Å². The van der Waals surface area contributed by atoms with E-state index in [4.69, 9.17) is 16.3 Å². The Bertz CT molecular complexity index is 652. The summed E-state index contributed by atoms with van der Waals surface area (Å²) in [5.74, 6) is -1.25. The summed E-state index contributed by atoms with van der Waals surface area (Å²) >= 11 is 5.77.